The van der Waals surface area contributed by atoms with Gasteiger partial charge in [-0.15, -0.1) is 19.7 Å². The van der Waals surface area contributed by atoms with Crippen LogP contribution in [-0.2, 0) is 0 Å². The fraction of sp³-hybridized carbons (Fsp3) is 0.273. The van der Waals surface area contributed by atoms with Crippen molar-refractivity contribution in [2.45, 2.75) is 18.1 Å². The van der Waals surface area contributed by atoms with Crippen molar-refractivity contribution in [1.82, 2.24) is 15.4 Å². The number of hydrogen-bond donors (Lipinski definition) is 1. The number of nitrogens with zero attached hydrogens (tertiary/aromatic N) is 2. The lowest BCUT2D eigenvalue weighted by Crippen LogP contribution is -2.47. The van der Waals surface area contributed by atoms with Gasteiger partial charge in [0.25, 0.3) is 0 Å². The Balaban J connectivity index is 3.05. The van der Waals surface area contributed by atoms with Gasteiger partial charge in [-0.1, -0.05) is 18.2 Å². The van der Waals surface area contributed by atoms with E-state index in [2.05, 4.69) is 35.1 Å². The molecule has 1 N–H and O–H groups in total. The molecule has 80 valence electrons. The SMILES string of the molecule is C=CC[Si](CC=C)(CC=C)c1cn[nH]n1. The van der Waals surface area contributed by atoms with Crippen molar-refractivity contribution in [3.63, 3.8) is 0 Å². The van der Waals surface area contributed by atoms with E-state index in [1.165, 1.54) is 0 Å². The highest BCUT2D eigenvalue weighted by atomic mass is 28.3. The second kappa shape index (κ2) is 5.46. The van der Waals surface area contributed by atoms with Crippen LogP contribution in [0, 0.1) is 0 Å². The van der Waals surface area contributed by atoms with Crippen LogP contribution in [0.1, 0.15) is 0 Å². The molecule has 1 aromatic heterocycles. The molecule has 0 saturated carbocycles. The number of aromatic amines is 1. The first-order chi connectivity index (χ1) is 7.29. The van der Waals surface area contributed by atoms with Crippen molar-refractivity contribution in [1.29, 1.82) is 0 Å². The number of rotatable bonds is 7. The summed E-state index contributed by atoms with van der Waals surface area (Å²) < 4.78 is 0. The molecule has 0 atom stereocenters. The van der Waals surface area contributed by atoms with Crippen molar-refractivity contribution in [3.05, 3.63) is 44.2 Å². The van der Waals surface area contributed by atoms with Gasteiger partial charge in [0.1, 0.15) is 8.07 Å². The Kier molecular flexibility index (Phi) is 4.24. The lowest BCUT2D eigenvalue weighted by atomic mass is 10.7. The third-order valence-electron chi connectivity index (χ3n) is 2.56. The Morgan fingerprint density at radius 2 is 1.67 bits per heavy atom. The van der Waals surface area contributed by atoms with Crippen LogP contribution < -0.4 is 5.32 Å². The molecule has 0 aromatic carbocycles. The monoisotopic (exact) mass is 219 g/mol. The van der Waals surface area contributed by atoms with Gasteiger partial charge in [0.15, 0.2) is 0 Å². The van der Waals surface area contributed by atoms with Crippen LogP contribution in [0.4, 0.5) is 0 Å². The van der Waals surface area contributed by atoms with E-state index in [4.69, 9.17) is 0 Å². The summed E-state index contributed by atoms with van der Waals surface area (Å²) in [4.78, 5) is 0. The first-order valence-electron chi connectivity index (χ1n) is 4.98. The van der Waals surface area contributed by atoms with Crippen molar-refractivity contribution in [2.24, 2.45) is 0 Å². The highest BCUT2D eigenvalue weighted by Crippen LogP contribution is 2.21. The third-order valence-corrected chi connectivity index (χ3v) is 7.10. The minimum Gasteiger partial charge on any atom is -0.198 e. The molecule has 15 heavy (non-hydrogen) atoms. The Hall–Kier alpha value is -1.42. The zero-order valence-electron chi connectivity index (χ0n) is 8.95. The standard InChI is InChI=1S/C11H17N3Si/c1-4-7-15(8-5-2,9-6-3)11-10-12-14-13-11/h4-6,10H,1-3,7-9H2,(H,12,13,14). The fourth-order valence-electron chi connectivity index (χ4n) is 1.85. The topological polar surface area (TPSA) is 41.6 Å². The van der Waals surface area contributed by atoms with Gasteiger partial charge in [-0.25, -0.2) is 0 Å². The molecule has 3 nitrogen and oxygen atoms in total. The fourth-order valence-corrected chi connectivity index (χ4v) is 5.26. The van der Waals surface area contributed by atoms with E-state index < -0.39 is 8.07 Å². The van der Waals surface area contributed by atoms with E-state index in [1.807, 2.05) is 24.4 Å². The normalized spacial score (nSPS) is 10.9. The minimum absolute atomic E-state index is 0.984. The Morgan fingerprint density at radius 1 is 1.13 bits per heavy atom. The maximum Gasteiger partial charge on any atom is 0.126 e. The second-order valence-electron chi connectivity index (χ2n) is 3.61. The molecule has 0 aliphatic carbocycles. The molecule has 0 fully saturated rings. The van der Waals surface area contributed by atoms with Gasteiger partial charge in [-0.2, -0.15) is 15.4 Å². The lowest BCUT2D eigenvalue weighted by Gasteiger charge is -2.25. The third kappa shape index (κ3) is 2.53. The number of H-pyrrole nitrogens is 1. The van der Waals surface area contributed by atoms with Crippen LogP contribution in [0.25, 0.3) is 0 Å². The molecule has 1 rings (SSSR count). The van der Waals surface area contributed by atoms with Gasteiger partial charge in [0.05, 0.1) is 11.5 Å². The van der Waals surface area contributed by atoms with Gasteiger partial charge >= 0.3 is 0 Å². The number of aromatic nitrogens is 3. The number of hydrogen-bond acceptors (Lipinski definition) is 2. The van der Waals surface area contributed by atoms with E-state index in [-0.39, 0.29) is 0 Å². The minimum atomic E-state index is -1.68. The Labute approximate surface area is 91.6 Å². The molecule has 1 heterocycles. The predicted molar refractivity (Wildman–Crippen MR) is 66.8 cm³/mol. The lowest BCUT2D eigenvalue weighted by molar-refractivity contribution is 0.944. The Bertz CT molecular complexity index is 303. The van der Waals surface area contributed by atoms with Crippen molar-refractivity contribution >= 4 is 13.4 Å². The summed E-state index contributed by atoms with van der Waals surface area (Å²) in [7, 11) is -1.68. The summed E-state index contributed by atoms with van der Waals surface area (Å²) in [5.41, 5.74) is 0. The maximum atomic E-state index is 4.23. The molecular formula is C11H17N3Si. The van der Waals surface area contributed by atoms with Crippen LogP contribution in [0.3, 0.4) is 0 Å². The molecule has 0 bridgehead atoms. The van der Waals surface area contributed by atoms with Crippen molar-refractivity contribution in [3.8, 4) is 0 Å². The van der Waals surface area contributed by atoms with Crippen LogP contribution >= 0.6 is 0 Å². The van der Waals surface area contributed by atoms with Crippen LogP contribution in [0.15, 0.2) is 44.2 Å². The molecule has 0 spiro atoms. The van der Waals surface area contributed by atoms with Gasteiger partial charge in [0, 0.05) is 0 Å². The second-order valence-corrected chi connectivity index (χ2v) is 7.91. The molecule has 0 unspecified atom stereocenters. The summed E-state index contributed by atoms with van der Waals surface area (Å²) in [5.74, 6) is 0. The summed E-state index contributed by atoms with van der Waals surface area (Å²) in [5, 5.41) is 11.9. The summed E-state index contributed by atoms with van der Waals surface area (Å²) in [6, 6.07) is 2.95. The summed E-state index contributed by atoms with van der Waals surface area (Å²) >= 11 is 0. The molecular weight excluding hydrogens is 202 g/mol. The van der Waals surface area contributed by atoms with Gasteiger partial charge in [-0.3, -0.25) is 0 Å². The molecule has 1 aromatic rings. The van der Waals surface area contributed by atoms with Crippen LogP contribution in [0.5, 0.6) is 0 Å². The maximum absolute atomic E-state index is 4.23. The van der Waals surface area contributed by atoms with Gasteiger partial charge in [-0.05, 0) is 18.1 Å². The largest absolute Gasteiger partial charge is 0.198 e. The van der Waals surface area contributed by atoms with Crippen molar-refractivity contribution < 1.29 is 0 Å². The number of nitrogens with one attached hydrogen (secondary N) is 1. The van der Waals surface area contributed by atoms with E-state index in [0.29, 0.717) is 0 Å². The predicted octanol–water partition coefficient (Wildman–Crippen LogP) is 2.02. The molecule has 0 aliphatic heterocycles. The highest BCUT2D eigenvalue weighted by Gasteiger charge is 2.33. The van der Waals surface area contributed by atoms with Crippen LogP contribution in [-0.4, -0.2) is 23.5 Å². The van der Waals surface area contributed by atoms with Crippen LogP contribution in [0.2, 0.25) is 18.1 Å². The zero-order chi connectivity index (χ0) is 11.1. The van der Waals surface area contributed by atoms with E-state index in [9.17, 15) is 0 Å². The quantitative estimate of drug-likeness (QED) is 0.563. The van der Waals surface area contributed by atoms with Gasteiger partial charge in [0.2, 0.25) is 0 Å². The smallest absolute Gasteiger partial charge is 0.126 e. The first-order valence-corrected chi connectivity index (χ1v) is 7.60. The zero-order valence-corrected chi connectivity index (χ0v) is 9.95. The summed E-state index contributed by atoms with van der Waals surface area (Å²) in [6.45, 7) is 11.5. The highest BCUT2D eigenvalue weighted by molar-refractivity contribution is 6.92. The van der Waals surface area contributed by atoms with E-state index in [0.717, 1.165) is 23.4 Å². The molecule has 0 radical (unpaired) electrons. The molecule has 0 saturated heterocycles. The summed E-state index contributed by atoms with van der Waals surface area (Å²) in [6.07, 6.45) is 7.72. The average Bonchev–Trinajstić information content (AvgIpc) is 2.72. The molecule has 0 aliphatic rings. The van der Waals surface area contributed by atoms with E-state index in [1.54, 1.807) is 0 Å². The average molecular weight is 219 g/mol. The number of allylic oxidation sites excluding steroid dienone is 3. The van der Waals surface area contributed by atoms with Gasteiger partial charge < -0.3 is 0 Å². The first kappa shape index (κ1) is 11.7. The van der Waals surface area contributed by atoms with Crippen molar-refractivity contribution in [2.75, 3.05) is 0 Å². The molecule has 4 heteroatoms. The molecule has 0 amide bonds. The van der Waals surface area contributed by atoms with E-state index >= 15 is 0 Å². The Morgan fingerprint density at radius 3 is 2.00 bits per heavy atom.